The summed E-state index contributed by atoms with van der Waals surface area (Å²) in [7, 11) is -14.5. The summed E-state index contributed by atoms with van der Waals surface area (Å²) in [5.41, 5.74) is 4.21. The number of carboxylic acid groups (broad SMARTS) is 6. The van der Waals surface area contributed by atoms with Crippen LogP contribution in [-0.4, -0.2) is 263 Å². The van der Waals surface area contributed by atoms with Crippen molar-refractivity contribution >= 4 is 118 Å². The van der Waals surface area contributed by atoms with Gasteiger partial charge in [-0.05, 0) is 155 Å². The molecule has 3 aromatic carbocycles. The second kappa shape index (κ2) is 40.8. The van der Waals surface area contributed by atoms with Crippen LogP contribution in [0.3, 0.4) is 0 Å². The number of benzene rings is 3. The maximum absolute atomic E-state index is 13.7. The molecule has 1 aliphatic rings. The smallest absolute Gasteiger partial charge is 0.323 e. The zero-order chi connectivity index (χ0) is 77.9. The first-order valence-corrected chi connectivity index (χ1v) is 37.9. The van der Waals surface area contributed by atoms with Crippen LogP contribution in [0.25, 0.3) is 0 Å². The number of rotatable bonds is 47. The minimum absolute atomic E-state index is 0.00605. The quantitative estimate of drug-likeness (QED) is 0.0160. The van der Waals surface area contributed by atoms with Crippen molar-refractivity contribution in [1.29, 1.82) is 0 Å². The highest BCUT2D eigenvalue weighted by Gasteiger charge is 2.34. The van der Waals surface area contributed by atoms with Gasteiger partial charge in [0.1, 0.15) is 41.2 Å². The number of sulfonamides is 1. The number of fused-ring (bicyclic) bond motifs is 1. The van der Waals surface area contributed by atoms with E-state index in [1.807, 2.05) is 6.07 Å². The van der Waals surface area contributed by atoms with Gasteiger partial charge in [0, 0.05) is 74.6 Å². The molecule has 0 aliphatic carbocycles. The standard InChI is InChI=1S/C65H87N11O25S4/c1-39-26-49(27-40(2)60(39)105(99,100)73-50(64(91)92)29-68-62(89)45-16-11-42(12-17-45)13-19-46-22-18-44-8-6-24-67-61(44)69-46)101-25-7-10-54(78)66-23-5-4-9-53(77)51(37-103(93,94)95)71-63(90)52(38-104(96,97)98)72-65(102)70-47-20-14-43(15-21-47)28-48(76(35-58(85)86)36-59(87)88)31-74(32-55(79)80)30-41(3)75(33-56(81)82)34-57(83)84/h11-12,14-18,20-22,26-27,41,48,50-52,73H,4-10,13,19,23-25,28-38H2,1-3H3,(H,66,78)(H,67,69)(H,68,89)(H,71,90)(H,79,80)(H,81,82)(H,83,84)(H,85,86)(H,87,88)(H,91,92)(H2,70,72,102)(H,93,94,95)(H,96,97,98)/t41?,48?,50?,51?,52-/m0/s1. The lowest BCUT2D eigenvalue weighted by Crippen LogP contribution is -2.56. The van der Waals surface area contributed by atoms with Crippen LogP contribution >= 0.6 is 12.2 Å². The van der Waals surface area contributed by atoms with E-state index < -0.39 is 182 Å². The number of aromatic nitrogens is 1. The van der Waals surface area contributed by atoms with E-state index in [2.05, 4.69) is 42.7 Å². The Kier molecular flexibility index (Phi) is 33.5. The molecule has 40 heteroatoms. The molecule has 0 spiro atoms. The number of hydrogen-bond acceptors (Lipinski definition) is 23. The van der Waals surface area contributed by atoms with Crippen molar-refractivity contribution in [3.05, 3.63) is 112 Å². The SMILES string of the molecule is Cc1cc(OCCCC(=O)NCCCCC(=O)C(CS(=O)(=O)O)NC(=O)[C@H](CS(=O)(=O)O)NC(=S)Nc2ccc(CC(CN(CC(=O)O)CC(C)N(CC(=O)O)CC(=O)O)N(CC(=O)O)CC(=O)O)cc2)cc(C)c1S(=O)(=O)NC(CNC(=O)c1ccc(CCc2ccc3c(n2)NCCC3)cc1)C(=O)O. The number of ketones is 1. The number of nitrogens with zero attached hydrogens (tertiary/aromatic N) is 4. The number of aliphatic carboxylic acids is 6. The summed E-state index contributed by atoms with van der Waals surface area (Å²) in [6.45, 7) is 0.205. The third-order valence-corrected chi connectivity index (χ3v) is 19.7. The zero-order valence-corrected chi connectivity index (χ0v) is 60.8. The molecule has 36 nitrogen and oxygen atoms in total. The summed E-state index contributed by atoms with van der Waals surface area (Å²) in [6, 6.07) is 11.5. The normalized spacial score (nSPS) is 13.8. The summed E-state index contributed by atoms with van der Waals surface area (Å²) >= 11 is 5.30. The number of pyridine rings is 1. The van der Waals surface area contributed by atoms with E-state index in [1.165, 1.54) is 67.6 Å². The van der Waals surface area contributed by atoms with E-state index in [1.54, 1.807) is 24.3 Å². The molecule has 105 heavy (non-hydrogen) atoms. The second-order valence-corrected chi connectivity index (χ2v) is 30.0. The van der Waals surface area contributed by atoms with E-state index in [9.17, 15) is 113 Å². The number of unbranched alkanes of at least 4 members (excludes halogenated alkanes) is 1. The summed E-state index contributed by atoms with van der Waals surface area (Å²) in [6.07, 6.45) is 3.02. The number of Topliss-reactive ketones (excluding diaryl/α,β-unsaturated/α-hetero) is 1. The first-order valence-electron chi connectivity index (χ1n) is 32.8. The molecular formula is C65H87N11O25S4. The van der Waals surface area contributed by atoms with Crippen LogP contribution in [0.5, 0.6) is 5.75 Å². The number of hydrogen-bond donors (Lipinski definition) is 15. The van der Waals surface area contributed by atoms with Crippen LogP contribution in [0.15, 0.2) is 77.7 Å². The molecule has 0 saturated heterocycles. The van der Waals surface area contributed by atoms with E-state index in [4.69, 9.17) is 21.9 Å². The molecule has 15 N–H and O–H groups in total. The Morgan fingerprint density at radius 3 is 1.81 bits per heavy atom. The van der Waals surface area contributed by atoms with Crippen LogP contribution in [0.4, 0.5) is 11.5 Å². The minimum atomic E-state index is -5.04. The van der Waals surface area contributed by atoms with E-state index in [0.29, 0.717) is 18.4 Å². The van der Waals surface area contributed by atoms with Crippen molar-refractivity contribution in [2.45, 2.75) is 120 Å². The van der Waals surface area contributed by atoms with Crippen molar-refractivity contribution in [2.75, 3.05) is 94.2 Å². The lowest BCUT2D eigenvalue weighted by Gasteiger charge is -2.36. The van der Waals surface area contributed by atoms with Gasteiger partial charge in [0.15, 0.2) is 10.9 Å². The van der Waals surface area contributed by atoms with Crippen molar-refractivity contribution in [3.63, 3.8) is 0 Å². The Hall–Kier alpha value is -9.39. The van der Waals surface area contributed by atoms with Gasteiger partial charge in [-0.1, -0.05) is 30.3 Å². The number of ether oxygens (including phenoxy) is 1. The lowest BCUT2D eigenvalue weighted by molar-refractivity contribution is -0.144. The highest BCUT2D eigenvalue weighted by molar-refractivity contribution is 7.89. The molecule has 5 rings (SSSR count). The summed E-state index contributed by atoms with van der Waals surface area (Å²) in [4.78, 5) is 132. The Morgan fingerprint density at radius 1 is 0.648 bits per heavy atom. The number of thiocarbonyl (C=S) groups is 1. The second-order valence-electron chi connectivity index (χ2n) is 25.0. The summed E-state index contributed by atoms with van der Waals surface area (Å²) in [5, 5.41) is 73.0. The molecule has 0 saturated carbocycles. The van der Waals surface area contributed by atoms with Crippen LogP contribution in [0.2, 0.25) is 0 Å². The fourth-order valence-corrected chi connectivity index (χ4v) is 14.6. The van der Waals surface area contributed by atoms with Gasteiger partial charge in [-0.25, -0.2) is 13.4 Å². The first kappa shape index (κ1) is 86.3. The minimum Gasteiger partial charge on any atom is -0.494 e. The summed E-state index contributed by atoms with van der Waals surface area (Å²) < 4.78 is 103. The van der Waals surface area contributed by atoms with E-state index in [-0.39, 0.29) is 91.4 Å². The average Bonchev–Trinajstić information content (AvgIpc) is 0.817. The van der Waals surface area contributed by atoms with Gasteiger partial charge < -0.3 is 67.3 Å². The van der Waals surface area contributed by atoms with E-state index in [0.717, 1.165) is 46.3 Å². The zero-order valence-electron chi connectivity index (χ0n) is 57.5. The number of carbonyl (C=O) groups is 10. The van der Waals surface area contributed by atoms with Gasteiger partial charge in [0.25, 0.3) is 26.1 Å². The highest BCUT2D eigenvalue weighted by Crippen LogP contribution is 2.27. The number of nitrogens with one attached hydrogen (secondary N) is 7. The Morgan fingerprint density at radius 2 is 1.23 bits per heavy atom. The van der Waals surface area contributed by atoms with Crippen LogP contribution in [-0.2, 0) is 99.1 Å². The van der Waals surface area contributed by atoms with Crippen molar-refractivity contribution in [1.82, 2.24) is 45.7 Å². The predicted octanol–water partition coefficient (Wildman–Crippen LogP) is 0.262. The molecular weight excluding hydrogens is 1460 g/mol. The fraction of sp³-hybridized carbons (Fsp3) is 0.477. The molecule has 5 atom stereocenters. The van der Waals surface area contributed by atoms with Gasteiger partial charge in [-0.15, -0.1) is 0 Å². The molecule has 1 aliphatic heterocycles. The Labute approximate surface area is 610 Å². The molecule has 0 radical (unpaired) electrons. The molecule has 576 valence electrons. The van der Waals surface area contributed by atoms with Gasteiger partial charge in [0.05, 0.1) is 44.2 Å². The monoisotopic (exact) mass is 1550 g/mol. The number of aryl methyl sites for hydroxylation is 5. The van der Waals surface area contributed by atoms with Gasteiger partial charge in [-0.2, -0.15) is 21.6 Å². The molecule has 4 unspecified atom stereocenters. The summed E-state index contributed by atoms with van der Waals surface area (Å²) in [5.74, 6) is -13.6. The lowest BCUT2D eigenvalue weighted by atomic mass is 10.0. The highest BCUT2D eigenvalue weighted by atomic mass is 32.2. The topological polar surface area (TPSA) is 551 Å². The van der Waals surface area contributed by atoms with Gasteiger partial charge in [0.2, 0.25) is 21.8 Å². The maximum atomic E-state index is 13.7. The third kappa shape index (κ3) is 31.5. The van der Waals surface area contributed by atoms with Gasteiger partial charge in [-0.3, -0.25) is 71.8 Å². The van der Waals surface area contributed by atoms with E-state index >= 15 is 0 Å². The molecule has 0 bridgehead atoms. The largest absolute Gasteiger partial charge is 0.494 e. The molecule has 1 aromatic heterocycles. The fourth-order valence-electron chi connectivity index (χ4n) is 11.4. The van der Waals surface area contributed by atoms with Crippen LogP contribution < -0.4 is 41.4 Å². The first-order chi connectivity index (χ1) is 49.2. The van der Waals surface area contributed by atoms with Crippen LogP contribution in [0, 0.1) is 13.8 Å². The number of anilines is 2. The predicted molar refractivity (Wildman–Crippen MR) is 381 cm³/mol. The van der Waals surface area contributed by atoms with Crippen LogP contribution in [0.1, 0.15) is 89.3 Å². The average molecular weight is 1550 g/mol. The maximum Gasteiger partial charge on any atom is 0.323 e. The molecule has 2 heterocycles. The Bertz CT molecular complexity index is 4080. The molecule has 0 fully saturated rings. The number of amides is 3. The number of carbonyl (C=O) groups excluding carboxylic acids is 4. The number of carboxylic acids is 6. The Balaban J connectivity index is 1.09. The molecule has 3 amide bonds. The van der Waals surface area contributed by atoms with Crippen molar-refractivity contribution in [2.24, 2.45) is 0 Å². The molecule has 4 aromatic rings. The van der Waals surface area contributed by atoms with Crippen molar-refractivity contribution < 1.29 is 118 Å². The van der Waals surface area contributed by atoms with Gasteiger partial charge >= 0.3 is 35.8 Å². The third-order valence-electron chi connectivity index (χ3n) is 16.2. The van der Waals surface area contributed by atoms with Crippen molar-refractivity contribution in [3.8, 4) is 5.75 Å².